The van der Waals surface area contributed by atoms with Crippen LogP contribution in [0, 0.1) is 0 Å². The third kappa shape index (κ3) is 2.92. The Labute approximate surface area is 116 Å². The molecule has 0 aliphatic carbocycles. The van der Waals surface area contributed by atoms with E-state index in [4.69, 9.17) is 9.47 Å². The fourth-order valence-corrected chi connectivity index (χ4v) is 2.53. The minimum absolute atomic E-state index is 0.0144. The molecular weight excluding hydrogens is 262 g/mol. The molecule has 0 bridgehead atoms. The fraction of sp³-hybridized carbons (Fsp3) is 0.615. The lowest BCUT2D eigenvalue weighted by atomic mass is 9.99. The summed E-state index contributed by atoms with van der Waals surface area (Å²) < 4.78 is 9.88. The first-order valence-corrected chi connectivity index (χ1v) is 6.62. The number of aromatic amines is 1. The molecule has 0 aromatic carbocycles. The van der Waals surface area contributed by atoms with Crippen LogP contribution in [0.5, 0.6) is 5.75 Å². The number of rotatable bonds is 4. The van der Waals surface area contributed by atoms with Gasteiger partial charge in [0.1, 0.15) is 0 Å². The molecule has 0 saturated carbocycles. The van der Waals surface area contributed by atoms with Crippen LogP contribution in [-0.4, -0.2) is 42.7 Å². The largest absolute Gasteiger partial charge is 0.489 e. The van der Waals surface area contributed by atoms with Crippen LogP contribution in [-0.2, 0) is 9.53 Å². The highest BCUT2D eigenvalue weighted by molar-refractivity contribution is 5.71. The van der Waals surface area contributed by atoms with Crippen LogP contribution in [0.4, 0.5) is 5.82 Å². The molecule has 1 aliphatic rings. The van der Waals surface area contributed by atoms with Crippen molar-refractivity contribution >= 4 is 11.8 Å². The molecule has 1 aromatic heterocycles. The fourth-order valence-electron chi connectivity index (χ4n) is 2.53. The van der Waals surface area contributed by atoms with Gasteiger partial charge in [-0.3, -0.25) is 9.59 Å². The number of hydrogen-bond acceptors (Lipinski definition) is 6. The second kappa shape index (κ2) is 6.40. The van der Waals surface area contributed by atoms with Gasteiger partial charge in [-0.25, -0.2) is 4.98 Å². The maximum Gasteiger partial charge on any atom is 0.307 e. The van der Waals surface area contributed by atoms with Crippen molar-refractivity contribution < 1.29 is 14.3 Å². The van der Waals surface area contributed by atoms with Gasteiger partial charge in [-0.05, 0) is 19.3 Å². The normalized spacial score (nSPS) is 18.7. The van der Waals surface area contributed by atoms with Crippen molar-refractivity contribution in [1.29, 1.82) is 0 Å². The van der Waals surface area contributed by atoms with Crippen LogP contribution in [0.1, 0.15) is 25.7 Å². The van der Waals surface area contributed by atoms with Crippen molar-refractivity contribution in [2.24, 2.45) is 0 Å². The number of carbonyl (C=O) groups is 1. The number of ether oxygens (including phenoxy) is 2. The summed E-state index contributed by atoms with van der Waals surface area (Å²) in [6.45, 7) is 0.745. The molecule has 110 valence electrons. The summed E-state index contributed by atoms with van der Waals surface area (Å²) in [5, 5.41) is 0. The average molecular weight is 281 g/mol. The molecule has 1 saturated heterocycles. The first-order chi connectivity index (χ1) is 9.67. The third-order valence-electron chi connectivity index (χ3n) is 3.53. The van der Waals surface area contributed by atoms with E-state index in [2.05, 4.69) is 9.97 Å². The van der Waals surface area contributed by atoms with Gasteiger partial charge in [0, 0.05) is 12.6 Å². The second-order valence-electron chi connectivity index (χ2n) is 4.71. The molecule has 2 rings (SSSR count). The molecule has 20 heavy (non-hydrogen) atoms. The quantitative estimate of drug-likeness (QED) is 0.818. The number of H-pyrrole nitrogens is 1. The van der Waals surface area contributed by atoms with Crippen molar-refractivity contribution in [1.82, 2.24) is 9.97 Å². The van der Waals surface area contributed by atoms with E-state index in [9.17, 15) is 9.59 Å². The van der Waals surface area contributed by atoms with E-state index in [-0.39, 0.29) is 29.7 Å². The Morgan fingerprint density at radius 3 is 3.00 bits per heavy atom. The molecule has 1 N–H and O–H groups in total. The van der Waals surface area contributed by atoms with Crippen molar-refractivity contribution in [2.45, 2.75) is 31.7 Å². The van der Waals surface area contributed by atoms with Crippen LogP contribution in [0.15, 0.2) is 11.1 Å². The SMILES string of the molecule is COC(=O)CC1CCCCN1c1nc[nH]c(=O)c1OC. The number of esters is 1. The second-order valence-corrected chi connectivity index (χ2v) is 4.71. The summed E-state index contributed by atoms with van der Waals surface area (Å²) >= 11 is 0. The van der Waals surface area contributed by atoms with E-state index in [1.165, 1.54) is 20.5 Å². The molecule has 7 nitrogen and oxygen atoms in total. The zero-order valence-electron chi connectivity index (χ0n) is 11.7. The third-order valence-corrected chi connectivity index (χ3v) is 3.53. The Bertz CT molecular complexity index is 529. The zero-order valence-corrected chi connectivity index (χ0v) is 11.7. The lowest BCUT2D eigenvalue weighted by Gasteiger charge is -2.36. The van der Waals surface area contributed by atoms with Crippen LogP contribution >= 0.6 is 0 Å². The molecule has 1 aliphatic heterocycles. The number of carbonyl (C=O) groups excluding carboxylic acids is 1. The number of piperidine rings is 1. The summed E-state index contributed by atoms with van der Waals surface area (Å²) in [7, 11) is 2.82. The number of methoxy groups -OCH3 is 2. The number of nitrogens with zero attached hydrogens (tertiary/aromatic N) is 2. The molecule has 1 unspecified atom stereocenters. The maximum absolute atomic E-state index is 11.8. The van der Waals surface area contributed by atoms with E-state index in [0.717, 1.165) is 25.8 Å². The predicted molar refractivity (Wildman–Crippen MR) is 73.0 cm³/mol. The lowest BCUT2D eigenvalue weighted by Crippen LogP contribution is -2.42. The summed E-state index contributed by atoms with van der Waals surface area (Å²) in [4.78, 5) is 31.9. The van der Waals surface area contributed by atoms with Gasteiger partial charge >= 0.3 is 5.97 Å². The van der Waals surface area contributed by atoms with Gasteiger partial charge in [-0.1, -0.05) is 0 Å². The Balaban J connectivity index is 2.30. The van der Waals surface area contributed by atoms with Gasteiger partial charge in [-0.15, -0.1) is 0 Å². The molecule has 2 heterocycles. The average Bonchev–Trinajstić information content (AvgIpc) is 2.47. The summed E-state index contributed by atoms with van der Waals surface area (Å²) in [6.07, 6.45) is 4.55. The van der Waals surface area contributed by atoms with Crippen LogP contribution in [0.3, 0.4) is 0 Å². The highest BCUT2D eigenvalue weighted by Crippen LogP contribution is 2.29. The van der Waals surface area contributed by atoms with Crippen molar-refractivity contribution in [3.63, 3.8) is 0 Å². The topological polar surface area (TPSA) is 84.5 Å². The van der Waals surface area contributed by atoms with E-state index in [1.54, 1.807) is 0 Å². The molecule has 1 aromatic rings. The smallest absolute Gasteiger partial charge is 0.307 e. The Morgan fingerprint density at radius 1 is 1.50 bits per heavy atom. The monoisotopic (exact) mass is 281 g/mol. The van der Waals surface area contributed by atoms with Crippen molar-refractivity contribution in [2.75, 3.05) is 25.7 Å². The standard InChI is InChI=1S/C13H19N3O4/c1-19-10(17)7-9-5-3-4-6-16(9)12-11(20-2)13(18)15-8-14-12/h8-9H,3-7H2,1-2H3,(H,14,15,18). The first-order valence-electron chi connectivity index (χ1n) is 6.62. The van der Waals surface area contributed by atoms with Crippen LogP contribution < -0.4 is 15.2 Å². The van der Waals surface area contributed by atoms with Crippen molar-refractivity contribution in [3.8, 4) is 5.75 Å². The van der Waals surface area contributed by atoms with E-state index < -0.39 is 0 Å². The number of nitrogens with one attached hydrogen (secondary N) is 1. The number of aromatic nitrogens is 2. The van der Waals surface area contributed by atoms with Gasteiger partial charge in [0.25, 0.3) is 5.56 Å². The Hall–Kier alpha value is -2.05. The molecule has 1 atom stereocenters. The predicted octanol–water partition coefficient (Wildman–Crippen LogP) is 0.701. The van der Waals surface area contributed by atoms with Gasteiger partial charge in [0.05, 0.1) is 27.0 Å². The zero-order chi connectivity index (χ0) is 14.5. The first kappa shape index (κ1) is 14.4. The molecule has 1 fully saturated rings. The van der Waals surface area contributed by atoms with E-state index in [0.29, 0.717) is 5.82 Å². The highest BCUT2D eigenvalue weighted by Gasteiger charge is 2.29. The van der Waals surface area contributed by atoms with Crippen LogP contribution in [0.2, 0.25) is 0 Å². The van der Waals surface area contributed by atoms with Gasteiger partial charge in [0.15, 0.2) is 5.82 Å². The van der Waals surface area contributed by atoms with Crippen molar-refractivity contribution in [3.05, 3.63) is 16.7 Å². The minimum Gasteiger partial charge on any atom is -0.489 e. The number of hydrogen-bond donors (Lipinski definition) is 1. The highest BCUT2D eigenvalue weighted by atomic mass is 16.5. The molecule has 7 heteroatoms. The Morgan fingerprint density at radius 2 is 2.30 bits per heavy atom. The van der Waals surface area contributed by atoms with E-state index >= 15 is 0 Å². The molecule has 0 amide bonds. The lowest BCUT2D eigenvalue weighted by molar-refractivity contribution is -0.141. The van der Waals surface area contributed by atoms with Crippen LogP contribution in [0.25, 0.3) is 0 Å². The summed E-state index contributed by atoms with van der Waals surface area (Å²) in [5.41, 5.74) is -0.320. The van der Waals surface area contributed by atoms with Gasteiger partial charge in [0.2, 0.25) is 5.75 Å². The molecular formula is C13H19N3O4. The Kier molecular flexibility index (Phi) is 4.60. The molecule has 0 radical (unpaired) electrons. The molecule has 0 spiro atoms. The van der Waals surface area contributed by atoms with E-state index in [1.807, 2.05) is 4.90 Å². The summed E-state index contributed by atoms with van der Waals surface area (Å²) in [6, 6.07) is -0.0144. The number of anilines is 1. The maximum atomic E-state index is 11.8. The van der Waals surface area contributed by atoms with Gasteiger partial charge in [-0.2, -0.15) is 0 Å². The van der Waals surface area contributed by atoms with Gasteiger partial charge < -0.3 is 19.4 Å². The summed E-state index contributed by atoms with van der Waals surface area (Å²) in [5.74, 6) is 0.417. The minimum atomic E-state index is -0.320.